The molecule has 1 unspecified atom stereocenters. The highest BCUT2D eigenvalue weighted by Gasteiger charge is 2.11. The number of ether oxygens (including phenoxy) is 1. The third-order valence-electron chi connectivity index (χ3n) is 3.21. The minimum atomic E-state index is -0.795. The number of aliphatic hydroxyl groups is 1. The summed E-state index contributed by atoms with van der Waals surface area (Å²) >= 11 is 0. The van der Waals surface area contributed by atoms with Gasteiger partial charge < -0.3 is 14.2 Å². The summed E-state index contributed by atoms with van der Waals surface area (Å²) in [5.74, 6) is 0.0643. The lowest BCUT2D eigenvalue weighted by Crippen LogP contribution is -2.01. The molecule has 1 aromatic carbocycles. The van der Waals surface area contributed by atoms with Crippen molar-refractivity contribution >= 4 is 5.65 Å². The Kier molecular flexibility index (Phi) is 3.58. The van der Waals surface area contributed by atoms with Gasteiger partial charge in [-0.3, -0.25) is 0 Å². The Balaban J connectivity index is 1.81. The molecule has 0 fully saturated rings. The van der Waals surface area contributed by atoms with Crippen LogP contribution in [0.4, 0.5) is 4.39 Å². The Morgan fingerprint density at radius 1 is 1.33 bits per heavy atom. The summed E-state index contributed by atoms with van der Waals surface area (Å²) < 4.78 is 20.8. The first kappa shape index (κ1) is 13.6. The Morgan fingerprint density at radius 2 is 2.19 bits per heavy atom. The molecule has 108 valence electrons. The molecule has 1 atom stereocenters. The number of halogens is 1. The van der Waals surface area contributed by atoms with Gasteiger partial charge in [-0.25, -0.2) is 9.37 Å². The highest BCUT2D eigenvalue weighted by Crippen LogP contribution is 2.26. The van der Waals surface area contributed by atoms with Crippen LogP contribution in [0.25, 0.3) is 5.65 Å². The molecule has 1 N–H and O–H groups in total. The fourth-order valence-corrected chi connectivity index (χ4v) is 2.19. The third kappa shape index (κ3) is 2.87. The average Bonchev–Trinajstić information content (AvgIpc) is 2.88. The Hall–Kier alpha value is -2.40. The lowest BCUT2D eigenvalue weighted by molar-refractivity contribution is 0.189. The van der Waals surface area contributed by atoms with Crippen molar-refractivity contribution in [3.8, 4) is 5.75 Å². The van der Waals surface area contributed by atoms with Gasteiger partial charge in [0.15, 0.2) is 0 Å². The average molecular weight is 286 g/mol. The van der Waals surface area contributed by atoms with Crippen LogP contribution in [-0.2, 0) is 6.61 Å². The van der Waals surface area contributed by atoms with Crippen LogP contribution in [0.2, 0.25) is 0 Å². The van der Waals surface area contributed by atoms with Gasteiger partial charge in [-0.15, -0.1) is 0 Å². The van der Waals surface area contributed by atoms with E-state index in [2.05, 4.69) is 4.98 Å². The van der Waals surface area contributed by atoms with E-state index < -0.39 is 11.9 Å². The Labute approximate surface area is 121 Å². The molecule has 5 heteroatoms. The third-order valence-corrected chi connectivity index (χ3v) is 3.21. The number of benzene rings is 1. The maximum Gasteiger partial charge on any atom is 0.137 e. The van der Waals surface area contributed by atoms with Gasteiger partial charge in [0.1, 0.15) is 23.8 Å². The molecule has 0 radical (unpaired) electrons. The first-order valence-electron chi connectivity index (χ1n) is 6.66. The van der Waals surface area contributed by atoms with E-state index in [4.69, 9.17) is 4.74 Å². The number of pyridine rings is 1. The van der Waals surface area contributed by atoms with Crippen molar-refractivity contribution in [3.63, 3.8) is 0 Å². The molecule has 0 aliphatic carbocycles. The second-order valence-corrected chi connectivity index (χ2v) is 4.85. The summed E-state index contributed by atoms with van der Waals surface area (Å²) in [4.78, 5) is 4.42. The summed E-state index contributed by atoms with van der Waals surface area (Å²) in [5, 5.41) is 9.67. The SMILES string of the molecule is CC(O)c1cc(F)ccc1OCc1cn2ccccc2n1. The molecule has 2 aromatic heterocycles. The van der Waals surface area contributed by atoms with Crippen molar-refractivity contribution < 1.29 is 14.2 Å². The number of imidazole rings is 1. The molecule has 0 amide bonds. The van der Waals surface area contributed by atoms with E-state index in [1.54, 1.807) is 6.92 Å². The van der Waals surface area contributed by atoms with E-state index in [9.17, 15) is 9.50 Å². The van der Waals surface area contributed by atoms with E-state index in [1.165, 1.54) is 18.2 Å². The molecule has 0 spiro atoms. The van der Waals surface area contributed by atoms with Crippen LogP contribution in [0.15, 0.2) is 48.8 Å². The van der Waals surface area contributed by atoms with Gasteiger partial charge in [-0.2, -0.15) is 0 Å². The monoisotopic (exact) mass is 286 g/mol. The largest absolute Gasteiger partial charge is 0.487 e. The fourth-order valence-electron chi connectivity index (χ4n) is 2.19. The first-order chi connectivity index (χ1) is 10.1. The molecule has 0 bridgehead atoms. The number of hydrogen-bond donors (Lipinski definition) is 1. The zero-order valence-electron chi connectivity index (χ0n) is 11.5. The lowest BCUT2D eigenvalue weighted by atomic mass is 10.1. The zero-order valence-corrected chi connectivity index (χ0v) is 11.5. The summed E-state index contributed by atoms with van der Waals surface area (Å²) in [5.41, 5.74) is 2.03. The van der Waals surface area contributed by atoms with Crippen LogP contribution >= 0.6 is 0 Å². The highest BCUT2D eigenvalue weighted by molar-refractivity contribution is 5.40. The molecule has 3 rings (SSSR count). The van der Waals surface area contributed by atoms with Crippen molar-refractivity contribution in [3.05, 3.63) is 65.9 Å². The predicted molar refractivity (Wildman–Crippen MR) is 76.6 cm³/mol. The number of fused-ring (bicyclic) bond motifs is 1. The molecule has 3 aromatic rings. The van der Waals surface area contributed by atoms with Gasteiger partial charge in [0, 0.05) is 18.0 Å². The van der Waals surface area contributed by atoms with E-state index in [0.717, 1.165) is 11.3 Å². The molecular formula is C16H15FN2O2. The number of hydrogen-bond acceptors (Lipinski definition) is 3. The lowest BCUT2D eigenvalue weighted by Gasteiger charge is -2.12. The van der Waals surface area contributed by atoms with Crippen LogP contribution in [0.1, 0.15) is 24.3 Å². The van der Waals surface area contributed by atoms with Crippen molar-refractivity contribution in [1.29, 1.82) is 0 Å². The topological polar surface area (TPSA) is 46.8 Å². The minimum absolute atomic E-state index is 0.257. The van der Waals surface area contributed by atoms with Gasteiger partial charge in [-0.1, -0.05) is 6.07 Å². The molecular weight excluding hydrogens is 271 g/mol. The maximum absolute atomic E-state index is 13.2. The van der Waals surface area contributed by atoms with Crippen LogP contribution < -0.4 is 4.74 Å². The second kappa shape index (κ2) is 5.54. The van der Waals surface area contributed by atoms with Gasteiger partial charge in [0.25, 0.3) is 0 Å². The molecule has 0 saturated heterocycles. The number of aliphatic hydroxyl groups excluding tert-OH is 1. The summed E-state index contributed by atoms with van der Waals surface area (Å²) in [7, 11) is 0. The molecule has 2 heterocycles. The van der Waals surface area contributed by atoms with E-state index in [1.807, 2.05) is 35.0 Å². The Morgan fingerprint density at radius 3 is 2.95 bits per heavy atom. The smallest absolute Gasteiger partial charge is 0.137 e. The van der Waals surface area contributed by atoms with Gasteiger partial charge in [-0.05, 0) is 37.3 Å². The van der Waals surface area contributed by atoms with Crippen molar-refractivity contribution in [1.82, 2.24) is 9.38 Å². The number of nitrogens with zero attached hydrogens (tertiary/aromatic N) is 2. The molecule has 21 heavy (non-hydrogen) atoms. The molecule has 0 aliphatic heterocycles. The second-order valence-electron chi connectivity index (χ2n) is 4.85. The number of rotatable bonds is 4. The van der Waals surface area contributed by atoms with Gasteiger partial charge in [0.2, 0.25) is 0 Å². The predicted octanol–water partition coefficient (Wildman–Crippen LogP) is 3.11. The highest BCUT2D eigenvalue weighted by atomic mass is 19.1. The van der Waals surface area contributed by atoms with Crippen LogP contribution in [-0.4, -0.2) is 14.5 Å². The summed E-state index contributed by atoms with van der Waals surface area (Å²) in [6.45, 7) is 1.83. The maximum atomic E-state index is 13.2. The molecule has 0 saturated carbocycles. The van der Waals surface area contributed by atoms with Crippen LogP contribution in [0.3, 0.4) is 0 Å². The quantitative estimate of drug-likeness (QED) is 0.801. The standard InChI is InChI=1S/C16H15FN2O2/c1-11(20)14-8-12(17)5-6-15(14)21-10-13-9-19-7-3-2-4-16(19)18-13/h2-9,11,20H,10H2,1H3. The minimum Gasteiger partial charge on any atom is -0.487 e. The van der Waals surface area contributed by atoms with Crippen LogP contribution in [0, 0.1) is 5.82 Å². The van der Waals surface area contributed by atoms with Crippen molar-refractivity contribution in [2.75, 3.05) is 0 Å². The molecule has 0 aliphatic rings. The Bertz CT molecular complexity index is 735. The molecule has 4 nitrogen and oxygen atoms in total. The first-order valence-corrected chi connectivity index (χ1v) is 6.66. The van der Waals surface area contributed by atoms with Gasteiger partial charge in [0.05, 0.1) is 11.8 Å². The van der Waals surface area contributed by atoms with Crippen molar-refractivity contribution in [2.24, 2.45) is 0 Å². The number of aromatic nitrogens is 2. The van der Waals surface area contributed by atoms with E-state index >= 15 is 0 Å². The normalized spacial score (nSPS) is 12.5. The van der Waals surface area contributed by atoms with Crippen molar-refractivity contribution in [2.45, 2.75) is 19.6 Å². The zero-order chi connectivity index (χ0) is 14.8. The van der Waals surface area contributed by atoms with E-state index in [-0.39, 0.29) is 6.61 Å². The van der Waals surface area contributed by atoms with Crippen LogP contribution in [0.5, 0.6) is 5.75 Å². The van der Waals surface area contributed by atoms with E-state index in [0.29, 0.717) is 11.3 Å². The summed E-state index contributed by atoms with van der Waals surface area (Å²) in [6.07, 6.45) is 2.99. The summed E-state index contributed by atoms with van der Waals surface area (Å²) in [6, 6.07) is 9.85. The van der Waals surface area contributed by atoms with Gasteiger partial charge >= 0.3 is 0 Å². The fraction of sp³-hybridized carbons (Fsp3) is 0.188.